The van der Waals surface area contributed by atoms with Crippen LogP contribution in [0.3, 0.4) is 0 Å². The second-order valence-electron chi connectivity index (χ2n) is 4.07. The molecule has 2 rings (SSSR count). The van der Waals surface area contributed by atoms with Gasteiger partial charge in [0.1, 0.15) is 0 Å². The Labute approximate surface area is 113 Å². The molecule has 0 aliphatic heterocycles. The molecule has 0 bridgehead atoms. The molecule has 0 atom stereocenters. The number of nitrogens with zero attached hydrogens (tertiary/aromatic N) is 1. The highest BCUT2D eigenvalue weighted by molar-refractivity contribution is 7.91. The Morgan fingerprint density at radius 1 is 1.42 bits per heavy atom. The van der Waals surface area contributed by atoms with Gasteiger partial charge in [0.2, 0.25) is 4.34 Å². The summed E-state index contributed by atoms with van der Waals surface area (Å²) in [5.41, 5.74) is 1.50. The number of sulfonamides is 1. The number of aliphatic carboxylic acids is 1. The number of fused-ring (bicyclic) bond motifs is 1. The summed E-state index contributed by atoms with van der Waals surface area (Å²) in [7, 11) is -3.78. The predicted octanol–water partition coefficient (Wildman–Crippen LogP) is 1.35. The Hall–Kier alpha value is -1.51. The van der Waals surface area contributed by atoms with E-state index >= 15 is 0 Å². The van der Waals surface area contributed by atoms with E-state index in [0.29, 0.717) is 18.4 Å². The zero-order valence-corrected chi connectivity index (χ0v) is 11.5. The summed E-state index contributed by atoms with van der Waals surface area (Å²) in [6.07, 6.45) is 1.26. The number of carboxylic acid groups (broad SMARTS) is 1. The largest absolute Gasteiger partial charge is 0.481 e. The molecule has 2 aromatic rings. The van der Waals surface area contributed by atoms with Crippen LogP contribution in [0.4, 0.5) is 0 Å². The molecule has 0 aliphatic rings. The lowest BCUT2D eigenvalue weighted by Crippen LogP contribution is -2.11. The SMILES string of the molecule is NS(=O)(=O)c1nc2cc(CCCC(=O)O)ccc2s1. The van der Waals surface area contributed by atoms with Gasteiger partial charge in [0, 0.05) is 6.42 Å². The molecule has 102 valence electrons. The topological polar surface area (TPSA) is 110 Å². The van der Waals surface area contributed by atoms with Crippen LogP contribution in [0, 0.1) is 0 Å². The molecule has 0 aliphatic carbocycles. The molecule has 19 heavy (non-hydrogen) atoms. The van der Waals surface area contributed by atoms with E-state index < -0.39 is 16.0 Å². The number of carbonyl (C=O) groups is 1. The molecule has 0 saturated carbocycles. The monoisotopic (exact) mass is 300 g/mol. The number of primary sulfonamides is 1. The van der Waals surface area contributed by atoms with Gasteiger partial charge in [0.05, 0.1) is 10.2 Å². The number of aryl methyl sites for hydroxylation is 1. The average Bonchev–Trinajstić information content (AvgIpc) is 2.71. The van der Waals surface area contributed by atoms with Crippen molar-refractivity contribution in [1.82, 2.24) is 4.98 Å². The van der Waals surface area contributed by atoms with Gasteiger partial charge in [0.15, 0.2) is 0 Å². The van der Waals surface area contributed by atoms with Gasteiger partial charge < -0.3 is 5.11 Å². The van der Waals surface area contributed by atoms with Gasteiger partial charge in [-0.05, 0) is 30.5 Å². The number of carboxylic acids is 1. The molecule has 0 amide bonds. The van der Waals surface area contributed by atoms with Gasteiger partial charge in [0.25, 0.3) is 10.0 Å². The van der Waals surface area contributed by atoms with Crippen molar-refractivity contribution < 1.29 is 18.3 Å². The smallest absolute Gasteiger partial charge is 0.303 e. The van der Waals surface area contributed by atoms with Gasteiger partial charge in [-0.25, -0.2) is 18.5 Å². The zero-order chi connectivity index (χ0) is 14.0. The second-order valence-corrected chi connectivity index (χ2v) is 6.84. The third-order valence-corrected chi connectivity index (χ3v) is 4.89. The van der Waals surface area contributed by atoms with Crippen LogP contribution in [0.5, 0.6) is 0 Å². The fourth-order valence-corrected chi connectivity index (χ4v) is 3.31. The third-order valence-electron chi connectivity index (χ3n) is 2.53. The van der Waals surface area contributed by atoms with Crippen LogP contribution >= 0.6 is 11.3 Å². The molecule has 3 N–H and O–H groups in total. The van der Waals surface area contributed by atoms with Crippen molar-refractivity contribution in [2.75, 3.05) is 0 Å². The molecular weight excluding hydrogens is 288 g/mol. The highest BCUT2D eigenvalue weighted by Crippen LogP contribution is 2.25. The Kier molecular flexibility index (Phi) is 3.83. The molecule has 1 heterocycles. The molecular formula is C11H12N2O4S2. The highest BCUT2D eigenvalue weighted by Gasteiger charge is 2.14. The molecule has 1 aromatic heterocycles. The lowest BCUT2D eigenvalue weighted by Gasteiger charge is -1.99. The third kappa shape index (κ3) is 3.49. The summed E-state index contributed by atoms with van der Waals surface area (Å²) in [5.74, 6) is -0.828. The van der Waals surface area contributed by atoms with Crippen molar-refractivity contribution in [3.05, 3.63) is 23.8 Å². The molecule has 8 heteroatoms. The van der Waals surface area contributed by atoms with Crippen LogP contribution < -0.4 is 5.14 Å². The van der Waals surface area contributed by atoms with E-state index in [0.717, 1.165) is 21.6 Å². The summed E-state index contributed by atoms with van der Waals surface area (Å²) in [4.78, 5) is 14.4. The van der Waals surface area contributed by atoms with Gasteiger partial charge >= 0.3 is 5.97 Å². The molecule has 0 saturated heterocycles. The van der Waals surface area contributed by atoms with E-state index in [-0.39, 0.29) is 10.8 Å². The molecule has 0 unspecified atom stereocenters. The Balaban J connectivity index is 2.23. The molecule has 1 aromatic carbocycles. The van der Waals surface area contributed by atoms with Crippen LogP contribution in [0.25, 0.3) is 10.2 Å². The minimum Gasteiger partial charge on any atom is -0.481 e. The number of hydrogen-bond acceptors (Lipinski definition) is 5. The highest BCUT2D eigenvalue weighted by atomic mass is 32.2. The maximum Gasteiger partial charge on any atom is 0.303 e. The first kappa shape index (κ1) is 13.9. The fraction of sp³-hybridized carbons (Fsp3) is 0.273. The van der Waals surface area contributed by atoms with Gasteiger partial charge in [-0.3, -0.25) is 4.79 Å². The van der Waals surface area contributed by atoms with Crippen molar-refractivity contribution in [3.8, 4) is 0 Å². The normalized spacial score (nSPS) is 11.8. The quantitative estimate of drug-likeness (QED) is 0.866. The van der Waals surface area contributed by atoms with Crippen molar-refractivity contribution in [3.63, 3.8) is 0 Å². The van der Waals surface area contributed by atoms with Crippen molar-refractivity contribution in [2.24, 2.45) is 5.14 Å². The summed E-state index contributed by atoms with van der Waals surface area (Å²) >= 11 is 1.02. The van der Waals surface area contributed by atoms with Crippen LogP contribution in [-0.2, 0) is 21.2 Å². The molecule has 0 radical (unpaired) electrons. The van der Waals surface area contributed by atoms with Crippen molar-refractivity contribution in [1.29, 1.82) is 0 Å². The zero-order valence-electron chi connectivity index (χ0n) is 9.87. The minimum absolute atomic E-state index is 0.106. The van der Waals surface area contributed by atoms with Crippen molar-refractivity contribution in [2.45, 2.75) is 23.6 Å². The standard InChI is InChI=1S/C11H12N2O4S2/c12-19(16,17)11-13-8-6-7(2-1-3-10(14)15)4-5-9(8)18-11/h4-6H,1-3H2,(H,14,15)(H2,12,16,17). The number of thiazole rings is 1. The van der Waals surface area contributed by atoms with E-state index in [1.54, 1.807) is 12.1 Å². The van der Waals surface area contributed by atoms with Crippen LogP contribution in [-0.4, -0.2) is 24.5 Å². The predicted molar refractivity (Wildman–Crippen MR) is 71.6 cm³/mol. The lowest BCUT2D eigenvalue weighted by molar-refractivity contribution is -0.137. The molecule has 0 spiro atoms. The van der Waals surface area contributed by atoms with Gasteiger partial charge in [-0.1, -0.05) is 6.07 Å². The number of nitrogens with two attached hydrogens (primary N) is 1. The van der Waals surface area contributed by atoms with Crippen LogP contribution in [0.15, 0.2) is 22.5 Å². The molecule has 0 fully saturated rings. The first-order valence-corrected chi connectivity index (χ1v) is 7.86. The van der Waals surface area contributed by atoms with Crippen LogP contribution in [0.2, 0.25) is 0 Å². The second kappa shape index (κ2) is 5.24. The number of aromatic nitrogens is 1. The maximum absolute atomic E-state index is 11.2. The van der Waals surface area contributed by atoms with E-state index in [9.17, 15) is 13.2 Å². The first-order valence-electron chi connectivity index (χ1n) is 5.50. The Bertz CT molecular complexity index is 721. The summed E-state index contributed by atoms with van der Waals surface area (Å²) < 4.78 is 23.0. The van der Waals surface area contributed by atoms with Crippen molar-refractivity contribution >= 4 is 37.5 Å². The van der Waals surface area contributed by atoms with Gasteiger partial charge in [-0.15, -0.1) is 11.3 Å². The number of hydrogen-bond donors (Lipinski definition) is 2. The van der Waals surface area contributed by atoms with Gasteiger partial charge in [-0.2, -0.15) is 0 Å². The van der Waals surface area contributed by atoms with E-state index in [2.05, 4.69) is 4.98 Å². The molecule has 6 nitrogen and oxygen atoms in total. The van der Waals surface area contributed by atoms with Crippen LogP contribution in [0.1, 0.15) is 18.4 Å². The number of benzene rings is 1. The Morgan fingerprint density at radius 3 is 2.79 bits per heavy atom. The lowest BCUT2D eigenvalue weighted by atomic mass is 10.1. The fourth-order valence-electron chi connectivity index (χ4n) is 1.67. The van der Waals surface area contributed by atoms with E-state index in [1.165, 1.54) is 0 Å². The summed E-state index contributed by atoms with van der Waals surface area (Å²) in [5, 5.41) is 13.6. The summed E-state index contributed by atoms with van der Waals surface area (Å²) in [6, 6.07) is 5.38. The summed E-state index contributed by atoms with van der Waals surface area (Å²) in [6.45, 7) is 0. The number of rotatable bonds is 5. The van der Waals surface area contributed by atoms with E-state index in [4.69, 9.17) is 10.2 Å². The average molecular weight is 300 g/mol. The van der Waals surface area contributed by atoms with E-state index in [1.807, 2.05) is 6.07 Å². The maximum atomic E-state index is 11.2. The first-order chi connectivity index (χ1) is 8.86. The minimum atomic E-state index is -3.78. The Morgan fingerprint density at radius 2 is 2.16 bits per heavy atom.